The van der Waals surface area contributed by atoms with E-state index in [1.807, 2.05) is 42.1 Å². The number of nitrogens with zero attached hydrogens (tertiary/aromatic N) is 1. The van der Waals surface area contributed by atoms with Crippen LogP contribution in [0.4, 0.5) is 5.69 Å². The van der Waals surface area contributed by atoms with Crippen LogP contribution in [0.5, 0.6) is 5.75 Å². The van der Waals surface area contributed by atoms with E-state index in [9.17, 15) is 4.79 Å². The Labute approximate surface area is 245 Å². The number of allylic oxidation sites excluding steroid dienone is 1. The molecule has 0 fully saturated rings. The van der Waals surface area contributed by atoms with Gasteiger partial charge < -0.3 is 15.0 Å². The van der Waals surface area contributed by atoms with E-state index in [0.717, 1.165) is 35.8 Å². The largest absolute Gasteiger partial charge is 0.493 e. The molecule has 0 saturated heterocycles. The highest BCUT2D eigenvalue weighted by molar-refractivity contribution is 8.93. The minimum Gasteiger partial charge on any atom is -0.493 e. The maximum atomic E-state index is 13.2. The first kappa shape index (κ1) is 32.3. The Bertz CT molecular complexity index is 1050. The summed E-state index contributed by atoms with van der Waals surface area (Å²) in [7, 11) is 0. The minimum atomic E-state index is -0.109. The molecule has 6 heteroatoms. The maximum absolute atomic E-state index is 13.2. The van der Waals surface area contributed by atoms with Gasteiger partial charge in [-0.1, -0.05) is 90.8 Å². The molecule has 0 saturated carbocycles. The zero-order valence-corrected chi connectivity index (χ0v) is 26.5. The number of carbonyl (C=O) groups excluding carboxylic acids is 1. The van der Waals surface area contributed by atoms with E-state index in [0.29, 0.717) is 12.2 Å². The molecule has 0 unspecified atom stereocenters. The van der Waals surface area contributed by atoms with Crippen LogP contribution in [0.1, 0.15) is 107 Å². The van der Waals surface area contributed by atoms with E-state index in [2.05, 4.69) is 63.2 Å². The van der Waals surface area contributed by atoms with Crippen LogP contribution in [-0.4, -0.2) is 23.3 Å². The third-order valence-corrected chi connectivity index (χ3v) is 7.72. The van der Waals surface area contributed by atoms with E-state index >= 15 is 0 Å². The van der Waals surface area contributed by atoms with Crippen molar-refractivity contribution in [3.05, 3.63) is 70.3 Å². The second kappa shape index (κ2) is 16.2. The van der Waals surface area contributed by atoms with E-state index in [-0.39, 0.29) is 28.3 Å². The number of hydrogen-bond donors (Lipinski definition) is 1. The van der Waals surface area contributed by atoms with Gasteiger partial charge in [0.2, 0.25) is 0 Å². The van der Waals surface area contributed by atoms with Crippen LogP contribution in [-0.2, 0) is 12.0 Å². The zero-order chi connectivity index (χ0) is 26.7. The SMILES string of the molecule is Br.CCCCCCCCCCOc1cc(C(=O)Nc2cccc(CN3C=C(C)SC3)c2)ccc1C(C)(C)C. The zero-order valence-electron chi connectivity index (χ0n) is 24.0. The molecule has 0 atom stereocenters. The first-order chi connectivity index (χ1) is 17.8. The number of unbranched alkanes of at least 4 members (excludes halogenated alkanes) is 7. The normalized spacial score (nSPS) is 13.2. The van der Waals surface area contributed by atoms with Crippen molar-refractivity contribution < 1.29 is 9.53 Å². The van der Waals surface area contributed by atoms with Crippen molar-refractivity contribution in [3.8, 4) is 5.75 Å². The summed E-state index contributed by atoms with van der Waals surface area (Å²) in [6.45, 7) is 12.5. The Kier molecular flexibility index (Phi) is 13.8. The van der Waals surface area contributed by atoms with Gasteiger partial charge in [-0.25, -0.2) is 0 Å². The van der Waals surface area contributed by atoms with Crippen molar-refractivity contribution in [2.24, 2.45) is 0 Å². The number of rotatable bonds is 14. The lowest BCUT2D eigenvalue weighted by atomic mass is 9.85. The summed E-state index contributed by atoms with van der Waals surface area (Å²) in [6.07, 6.45) is 12.4. The number of carbonyl (C=O) groups is 1. The van der Waals surface area contributed by atoms with Crippen LogP contribution in [0.25, 0.3) is 0 Å². The van der Waals surface area contributed by atoms with Gasteiger partial charge in [-0.3, -0.25) is 4.79 Å². The molecular formula is C32H47BrN2O2S. The monoisotopic (exact) mass is 602 g/mol. The molecule has 1 N–H and O–H groups in total. The summed E-state index contributed by atoms with van der Waals surface area (Å²) in [5.41, 5.74) is 3.70. The molecule has 4 nitrogen and oxygen atoms in total. The van der Waals surface area contributed by atoms with Crippen molar-refractivity contribution in [2.45, 2.75) is 97.9 Å². The number of thioether (sulfide) groups is 1. The quantitative estimate of drug-likeness (QED) is 0.218. The lowest BCUT2D eigenvalue weighted by Crippen LogP contribution is -2.17. The van der Waals surface area contributed by atoms with Crippen LogP contribution in [0.2, 0.25) is 0 Å². The molecule has 1 amide bonds. The lowest BCUT2D eigenvalue weighted by Gasteiger charge is -2.23. The molecule has 3 rings (SSSR count). The summed E-state index contributed by atoms with van der Waals surface area (Å²) < 4.78 is 6.26. The van der Waals surface area contributed by atoms with E-state index in [1.54, 1.807) is 0 Å². The Morgan fingerprint density at radius 1 is 1.00 bits per heavy atom. The van der Waals surface area contributed by atoms with Gasteiger partial charge >= 0.3 is 0 Å². The number of nitrogens with one attached hydrogen (secondary N) is 1. The Morgan fingerprint density at radius 2 is 1.71 bits per heavy atom. The highest BCUT2D eigenvalue weighted by Gasteiger charge is 2.21. The van der Waals surface area contributed by atoms with Crippen LogP contribution < -0.4 is 10.1 Å². The van der Waals surface area contributed by atoms with Crippen molar-refractivity contribution in [3.63, 3.8) is 0 Å². The standard InChI is InChI=1S/C32H46N2O2S.BrH/c1-6-7-8-9-10-11-12-13-19-36-30-21-27(17-18-29(30)32(3,4)5)31(35)33-28-16-14-15-26(20-28)23-34-22-25(2)37-24-34;/h14-18,20-22H,6-13,19,23-24H2,1-5H3,(H,33,35);1H. The Balaban J connectivity index is 0.00000507. The van der Waals surface area contributed by atoms with Crippen LogP contribution in [0.3, 0.4) is 0 Å². The highest BCUT2D eigenvalue weighted by Crippen LogP contribution is 2.33. The molecular weight excluding hydrogens is 556 g/mol. The number of hydrogen-bond acceptors (Lipinski definition) is 4. The van der Waals surface area contributed by atoms with E-state index in [1.165, 1.54) is 55.4 Å². The fraction of sp³-hybridized carbons (Fsp3) is 0.531. The Hall–Kier alpha value is -1.92. The molecule has 2 aromatic rings. The number of anilines is 1. The average molecular weight is 604 g/mol. The van der Waals surface area contributed by atoms with Gasteiger partial charge in [-0.2, -0.15) is 0 Å². The first-order valence-corrected chi connectivity index (χ1v) is 15.0. The van der Waals surface area contributed by atoms with Gasteiger partial charge in [0.15, 0.2) is 0 Å². The minimum absolute atomic E-state index is 0. The fourth-order valence-corrected chi connectivity index (χ4v) is 5.37. The van der Waals surface area contributed by atoms with Crippen LogP contribution >= 0.6 is 28.7 Å². The van der Waals surface area contributed by atoms with Crippen molar-refractivity contribution in [1.82, 2.24) is 4.90 Å². The summed E-state index contributed by atoms with van der Waals surface area (Å²) in [5, 5.41) is 3.09. The molecule has 210 valence electrons. The van der Waals surface area contributed by atoms with Crippen molar-refractivity contribution in [2.75, 3.05) is 17.8 Å². The fourth-order valence-electron chi connectivity index (χ4n) is 4.61. The van der Waals surface area contributed by atoms with Crippen molar-refractivity contribution >= 4 is 40.3 Å². The van der Waals surface area contributed by atoms with E-state index in [4.69, 9.17) is 4.74 Å². The van der Waals surface area contributed by atoms with Crippen molar-refractivity contribution in [1.29, 1.82) is 0 Å². The van der Waals surface area contributed by atoms with Gasteiger partial charge in [0.05, 0.1) is 12.5 Å². The second-order valence-corrected chi connectivity index (χ2v) is 12.4. The molecule has 38 heavy (non-hydrogen) atoms. The van der Waals surface area contributed by atoms with Crippen LogP contribution in [0.15, 0.2) is 53.6 Å². The summed E-state index contributed by atoms with van der Waals surface area (Å²) in [5.74, 6) is 1.69. The van der Waals surface area contributed by atoms with Gasteiger partial charge in [0.1, 0.15) is 5.75 Å². The number of amides is 1. The first-order valence-electron chi connectivity index (χ1n) is 14.0. The average Bonchev–Trinajstić information content (AvgIpc) is 3.26. The molecule has 0 aromatic heterocycles. The number of ether oxygens (including phenoxy) is 1. The highest BCUT2D eigenvalue weighted by atomic mass is 79.9. The molecule has 1 aliphatic rings. The predicted molar refractivity (Wildman–Crippen MR) is 170 cm³/mol. The Morgan fingerprint density at radius 3 is 2.37 bits per heavy atom. The topological polar surface area (TPSA) is 41.6 Å². The smallest absolute Gasteiger partial charge is 0.255 e. The molecule has 0 spiro atoms. The van der Waals surface area contributed by atoms with Gasteiger partial charge in [0.25, 0.3) is 5.91 Å². The van der Waals surface area contributed by atoms with E-state index < -0.39 is 0 Å². The third kappa shape index (κ3) is 10.7. The lowest BCUT2D eigenvalue weighted by molar-refractivity contribution is 0.102. The summed E-state index contributed by atoms with van der Waals surface area (Å²) in [4.78, 5) is 16.8. The molecule has 2 aromatic carbocycles. The van der Waals surface area contributed by atoms with Gasteiger partial charge in [0, 0.05) is 24.0 Å². The molecule has 0 radical (unpaired) electrons. The summed E-state index contributed by atoms with van der Waals surface area (Å²) in [6, 6.07) is 14.0. The van der Waals surface area contributed by atoms with Gasteiger partial charge in [-0.15, -0.1) is 28.7 Å². The number of halogens is 1. The second-order valence-electron chi connectivity index (χ2n) is 11.2. The third-order valence-electron chi connectivity index (χ3n) is 6.70. The van der Waals surface area contributed by atoms with Gasteiger partial charge in [-0.05, 0) is 59.1 Å². The molecule has 0 bridgehead atoms. The predicted octanol–water partition coefficient (Wildman–Crippen LogP) is 9.70. The number of benzene rings is 2. The molecule has 0 aliphatic carbocycles. The summed E-state index contributed by atoms with van der Waals surface area (Å²) >= 11 is 1.86. The maximum Gasteiger partial charge on any atom is 0.255 e. The molecule has 1 aliphatic heterocycles. The van der Waals surface area contributed by atoms with Crippen LogP contribution in [0, 0.1) is 0 Å². The molecule has 1 heterocycles.